The summed E-state index contributed by atoms with van der Waals surface area (Å²) in [5.74, 6) is -0.989. The van der Waals surface area contributed by atoms with Crippen molar-refractivity contribution < 1.29 is 27.5 Å². The molecule has 13 heteroatoms. The van der Waals surface area contributed by atoms with E-state index in [-0.39, 0.29) is 10.8 Å². The highest BCUT2D eigenvalue weighted by atomic mass is 35.5. The Morgan fingerprint density at radius 2 is 1.97 bits per heavy atom. The number of amides is 1. The molecule has 188 valence electrons. The van der Waals surface area contributed by atoms with E-state index in [0.29, 0.717) is 40.7 Å². The fourth-order valence-electron chi connectivity index (χ4n) is 3.96. The Kier molecular flexibility index (Phi) is 8.09. The molecule has 1 amide bonds. The Bertz CT molecular complexity index is 1430. The van der Waals surface area contributed by atoms with Crippen LogP contribution in [-0.2, 0) is 30.8 Å². The third kappa shape index (κ3) is 5.37. The molecule has 1 atom stereocenters. The summed E-state index contributed by atoms with van der Waals surface area (Å²) < 4.78 is 40.9. The van der Waals surface area contributed by atoms with Crippen molar-refractivity contribution in [3.05, 3.63) is 45.0 Å². The number of benzene rings is 1. The van der Waals surface area contributed by atoms with E-state index < -0.39 is 27.9 Å². The first kappa shape index (κ1) is 26.0. The van der Waals surface area contributed by atoms with Crippen LogP contribution in [0.3, 0.4) is 0 Å². The van der Waals surface area contributed by atoms with Crippen molar-refractivity contribution in [2.24, 2.45) is 4.99 Å². The van der Waals surface area contributed by atoms with Gasteiger partial charge in [0.25, 0.3) is 15.9 Å². The number of nitrogens with zero attached hydrogens (tertiary/aromatic N) is 3. The Labute approximate surface area is 215 Å². The second kappa shape index (κ2) is 10.9. The number of sulfonamides is 1. The van der Waals surface area contributed by atoms with Crippen LogP contribution >= 0.6 is 34.3 Å². The molecule has 0 radical (unpaired) electrons. The van der Waals surface area contributed by atoms with Crippen LogP contribution in [0, 0.1) is 0 Å². The third-order valence-electron chi connectivity index (χ3n) is 5.68. The summed E-state index contributed by atoms with van der Waals surface area (Å²) >= 11 is 8.17. The van der Waals surface area contributed by atoms with Crippen LogP contribution in [0.25, 0.3) is 10.2 Å². The van der Waals surface area contributed by atoms with Crippen LogP contribution in [0.15, 0.2) is 39.5 Å². The van der Waals surface area contributed by atoms with Crippen LogP contribution in [0.4, 0.5) is 0 Å². The molecule has 3 aromatic rings. The first-order valence-electron chi connectivity index (χ1n) is 10.8. The van der Waals surface area contributed by atoms with Gasteiger partial charge in [-0.15, -0.1) is 11.3 Å². The molecular weight excluding hydrogens is 534 g/mol. The molecule has 0 bridgehead atoms. The van der Waals surface area contributed by atoms with Crippen LogP contribution in [0.2, 0.25) is 4.34 Å². The molecule has 1 aliphatic rings. The summed E-state index contributed by atoms with van der Waals surface area (Å²) in [6, 6.07) is 7.20. The van der Waals surface area contributed by atoms with E-state index in [1.165, 1.54) is 34.9 Å². The van der Waals surface area contributed by atoms with Gasteiger partial charge in [-0.2, -0.15) is 9.30 Å². The van der Waals surface area contributed by atoms with E-state index in [9.17, 15) is 18.0 Å². The number of piperidine rings is 1. The van der Waals surface area contributed by atoms with E-state index in [0.717, 1.165) is 28.0 Å². The molecule has 2 aromatic heterocycles. The minimum Gasteiger partial charge on any atom is -0.465 e. The van der Waals surface area contributed by atoms with Gasteiger partial charge >= 0.3 is 5.97 Å². The third-order valence-corrected chi connectivity index (χ3v) is 10.3. The monoisotopic (exact) mass is 557 g/mol. The molecule has 0 spiro atoms. The van der Waals surface area contributed by atoms with Crippen molar-refractivity contribution in [2.75, 3.05) is 27.4 Å². The molecule has 4 rings (SSSR count). The van der Waals surface area contributed by atoms with Gasteiger partial charge in [-0.3, -0.25) is 4.79 Å². The lowest BCUT2D eigenvalue weighted by Gasteiger charge is -2.31. The number of halogens is 1. The number of thiazole rings is 1. The molecule has 0 N–H and O–H groups in total. The number of aromatic nitrogens is 1. The van der Waals surface area contributed by atoms with E-state index in [2.05, 4.69) is 4.99 Å². The standard InChI is InChI=1S/C22H24ClN3O6S3/c1-31-12-11-25-15-7-6-14(21(28)32-2)13-17(15)33-22(25)24-20(27)16-5-3-4-10-26(16)35(29,30)19-9-8-18(23)34-19/h6-9,13,16H,3-5,10-12H2,1-2H3. The van der Waals surface area contributed by atoms with Crippen LogP contribution in [0.1, 0.15) is 29.6 Å². The molecule has 0 saturated carbocycles. The first-order valence-corrected chi connectivity index (χ1v) is 14.3. The van der Waals surface area contributed by atoms with Crippen LogP contribution in [0.5, 0.6) is 0 Å². The van der Waals surface area contributed by atoms with Gasteiger partial charge in [0.15, 0.2) is 4.80 Å². The second-order valence-corrected chi connectivity index (χ2v) is 12.7. The predicted molar refractivity (Wildman–Crippen MR) is 134 cm³/mol. The number of rotatable bonds is 7. The summed E-state index contributed by atoms with van der Waals surface area (Å²) in [6.45, 7) is 1.05. The normalized spacial score (nSPS) is 17.7. The topological polar surface area (TPSA) is 107 Å². The highest BCUT2D eigenvalue weighted by Crippen LogP contribution is 2.32. The van der Waals surface area contributed by atoms with Gasteiger partial charge < -0.3 is 14.0 Å². The fourth-order valence-corrected chi connectivity index (χ4v) is 8.33. The lowest BCUT2D eigenvalue weighted by molar-refractivity contribution is -0.122. The largest absolute Gasteiger partial charge is 0.465 e. The van der Waals surface area contributed by atoms with Gasteiger partial charge in [-0.25, -0.2) is 13.2 Å². The quantitative estimate of drug-likeness (QED) is 0.411. The number of carbonyl (C=O) groups is 2. The summed E-state index contributed by atoms with van der Waals surface area (Å²) in [6.07, 6.45) is 1.77. The molecule has 9 nitrogen and oxygen atoms in total. The molecular formula is C22H24ClN3O6S3. The maximum Gasteiger partial charge on any atom is 0.337 e. The van der Waals surface area contributed by atoms with Crippen molar-refractivity contribution in [3.8, 4) is 0 Å². The molecule has 1 unspecified atom stereocenters. The molecule has 1 fully saturated rings. The zero-order valence-electron chi connectivity index (χ0n) is 19.1. The summed E-state index contributed by atoms with van der Waals surface area (Å²) in [5, 5.41) is 0. The lowest BCUT2D eigenvalue weighted by atomic mass is 10.0. The summed E-state index contributed by atoms with van der Waals surface area (Å²) in [4.78, 5) is 30.1. The molecule has 1 saturated heterocycles. The number of hydrogen-bond donors (Lipinski definition) is 0. The number of hydrogen-bond acceptors (Lipinski definition) is 8. The Morgan fingerprint density at radius 3 is 2.66 bits per heavy atom. The minimum atomic E-state index is -3.88. The zero-order valence-corrected chi connectivity index (χ0v) is 22.3. The Balaban J connectivity index is 1.75. The van der Waals surface area contributed by atoms with Crippen molar-refractivity contribution in [3.63, 3.8) is 0 Å². The van der Waals surface area contributed by atoms with Gasteiger partial charge in [-0.05, 0) is 43.2 Å². The molecule has 35 heavy (non-hydrogen) atoms. The highest BCUT2D eigenvalue weighted by Gasteiger charge is 2.38. The minimum absolute atomic E-state index is 0.106. The molecule has 0 aliphatic carbocycles. The average molecular weight is 558 g/mol. The second-order valence-electron chi connectivity index (χ2n) is 7.84. The van der Waals surface area contributed by atoms with Gasteiger partial charge in [0.1, 0.15) is 10.3 Å². The highest BCUT2D eigenvalue weighted by molar-refractivity contribution is 7.91. The van der Waals surface area contributed by atoms with E-state index in [1.807, 2.05) is 4.57 Å². The van der Waals surface area contributed by atoms with Gasteiger partial charge in [-0.1, -0.05) is 29.4 Å². The number of fused-ring (bicyclic) bond motifs is 1. The molecule has 1 aliphatic heterocycles. The molecule has 3 heterocycles. The SMILES string of the molecule is COCCn1c(=NC(=O)C2CCCCN2S(=O)(=O)c2ccc(Cl)s2)sc2cc(C(=O)OC)ccc21. The Hall–Kier alpha value is -2.09. The van der Waals surface area contributed by atoms with E-state index in [4.69, 9.17) is 21.1 Å². The first-order chi connectivity index (χ1) is 16.8. The lowest BCUT2D eigenvalue weighted by Crippen LogP contribution is -2.47. The number of thiophene rings is 1. The number of esters is 1. The van der Waals surface area contributed by atoms with Crippen molar-refractivity contribution in [1.29, 1.82) is 0 Å². The number of carbonyl (C=O) groups excluding carboxylic acids is 2. The van der Waals surface area contributed by atoms with Crippen molar-refractivity contribution in [1.82, 2.24) is 8.87 Å². The molecule has 1 aromatic carbocycles. The smallest absolute Gasteiger partial charge is 0.337 e. The van der Waals surface area contributed by atoms with Crippen molar-refractivity contribution >= 4 is 66.4 Å². The fraction of sp³-hybridized carbons (Fsp3) is 0.409. The summed E-state index contributed by atoms with van der Waals surface area (Å²) in [5.41, 5.74) is 1.17. The number of methoxy groups -OCH3 is 2. The van der Waals surface area contributed by atoms with E-state index in [1.54, 1.807) is 25.3 Å². The van der Waals surface area contributed by atoms with Gasteiger partial charge in [0.2, 0.25) is 0 Å². The van der Waals surface area contributed by atoms with Crippen LogP contribution in [-0.4, -0.2) is 62.6 Å². The average Bonchev–Trinajstić information content (AvgIpc) is 3.45. The zero-order chi connectivity index (χ0) is 25.2. The maximum atomic E-state index is 13.4. The predicted octanol–water partition coefficient (Wildman–Crippen LogP) is 3.52. The van der Waals surface area contributed by atoms with E-state index >= 15 is 0 Å². The Morgan fingerprint density at radius 1 is 1.17 bits per heavy atom. The van der Waals surface area contributed by atoms with Crippen LogP contribution < -0.4 is 4.80 Å². The van der Waals surface area contributed by atoms with Gasteiger partial charge in [0, 0.05) is 20.2 Å². The number of ether oxygens (including phenoxy) is 2. The summed E-state index contributed by atoms with van der Waals surface area (Å²) in [7, 11) is -0.993. The van der Waals surface area contributed by atoms with Crippen molar-refractivity contribution in [2.45, 2.75) is 36.1 Å². The maximum absolute atomic E-state index is 13.4. The van der Waals surface area contributed by atoms with Gasteiger partial charge in [0.05, 0.1) is 33.8 Å².